The lowest BCUT2D eigenvalue weighted by Crippen LogP contribution is -2.28. The summed E-state index contributed by atoms with van der Waals surface area (Å²) in [5, 5.41) is 2.99. The van der Waals surface area contributed by atoms with E-state index in [0.29, 0.717) is 5.92 Å². The van der Waals surface area contributed by atoms with Gasteiger partial charge in [-0.3, -0.25) is 4.79 Å². The minimum absolute atomic E-state index is 0.0294. The molecule has 1 N–H and O–H groups in total. The number of benzene rings is 1. The van der Waals surface area contributed by atoms with Gasteiger partial charge in [0.05, 0.1) is 0 Å². The predicted octanol–water partition coefficient (Wildman–Crippen LogP) is 3.13. The number of carbonyl (C=O) groups excluding carboxylic acids is 1. The van der Waals surface area contributed by atoms with Crippen molar-refractivity contribution in [2.45, 2.75) is 32.1 Å². The van der Waals surface area contributed by atoms with Gasteiger partial charge in [-0.15, -0.1) is 0 Å². The first-order valence-electron chi connectivity index (χ1n) is 7.67. The van der Waals surface area contributed by atoms with E-state index >= 15 is 0 Å². The van der Waals surface area contributed by atoms with Crippen LogP contribution in [-0.4, -0.2) is 19.2 Å². The van der Waals surface area contributed by atoms with E-state index in [-0.39, 0.29) is 12.7 Å². The molecule has 0 atom stereocenters. The lowest BCUT2D eigenvalue weighted by molar-refractivity contribution is -0.116. The fourth-order valence-corrected chi connectivity index (χ4v) is 2.88. The molecule has 0 saturated heterocycles. The summed E-state index contributed by atoms with van der Waals surface area (Å²) < 4.78 is 10.6. The number of ether oxygens (including phenoxy) is 2. The molecule has 1 amide bonds. The standard InChI is InChI=1S/C17H21NO3/c19-17(18-11-14-4-2-1-3-5-14)9-7-13-6-8-15-16(10-13)21-12-20-15/h6-10,14H,1-5,11-12H2,(H,18,19). The quantitative estimate of drug-likeness (QED) is 0.866. The summed E-state index contributed by atoms with van der Waals surface area (Å²) in [5.41, 5.74) is 0.937. The summed E-state index contributed by atoms with van der Waals surface area (Å²) in [7, 11) is 0. The molecule has 1 aliphatic heterocycles. The number of amides is 1. The van der Waals surface area contributed by atoms with Crippen LogP contribution in [0.25, 0.3) is 6.08 Å². The van der Waals surface area contributed by atoms with Gasteiger partial charge in [0.2, 0.25) is 12.7 Å². The van der Waals surface area contributed by atoms with Gasteiger partial charge in [0.25, 0.3) is 0 Å². The highest BCUT2D eigenvalue weighted by atomic mass is 16.7. The van der Waals surface area contributed by atoms with Crippen LogP contribution in [0.1, 0.15) is 37.7 Å². The van der Waals surface area contributed by atoms with Crippen LogP contribution in [0.3, 0.4) is 0 Å². The van der Waals surface area contributed by atoms with Gasteiger partial charge in [0, 0.05) is 12.6 Å². The Morgan fingerprint density at radius 1 is 1.19 bits per heavy atom. The van der Waals surface area contributed by atoms with Crippen molar-refractivity contribution in [3.63, 3.8) is 0 Å². The fraction of sp³-hybridized carbons (Fsp3) is 0.471. The van der Waals surface area contributed by atoms with Crippen molar-refractivity contribution >= 4 is 12.0 Å². The SMILES string of the molecule is O=C(C=Cc1ccc2c(c1)OCO2)NCC1CCCCC1. The van der Waals surface area contributed by atoms with Gasteiger partial charge in [-0.25, -0.2) is 0 Å². The summed E-state index contributed by atoms with van der Waals surface area (Å²) in [4.78, 5) is 11.8. The number of rotatable bonds is 4. The minimum Gasteiger partial charge on any atom is -0.454 e. The van der Waals surface area contributed by atoms with Gasteiger partial charge in [0.15, 0.2) is 11.5 Å². The Bertz CT molecular complexity index is 533. The number of hydrogen-bond acceptors (Lipinski definition) is 3. The molecule has 3 rings (SSSR count). The number of fused-ring (bicyclic) bond motifs is 1. The maximum Gasteiger partial charge on any atom is 0.244 e. The third kappa shape index (κ3) is 3.78. The second-order valence-electron chi connectivity index (χ2n) is 5.70. The summed E-state index contributed by atoms with van der Waals surface area (Å²) >= 11 is 0. The van der Waals surface area contributed by atoms with E-state index in [1.807, 2.05) is 18.2 Å². The smallest absolute Gasteiger partial charge is 0.244 e. The van der Waals surface area contributed by atoms with E-state index < -0.39 is 0 Å². The van der Waals surface area contributed by atoms with Crippen molar-refractivity contribution in [3.8, 4) is 11.5 Å². The van der Waals surface area contributed by atoms with Gasteiger partial charge in [0.1, 0.15) is 0 Å². The van der Waals surface area contributed by atoms with Gasteiger partial charge in [-0.05, 0) is 42.5 Å². The number of hydrogen-bond donors (Lipinski definition) is 1. The highest BCUT2D eigenvalue weighted by molar-refractivity contribution is 5.91. The number of carbonyl (C=O) groups is 1. The Balaban J connectivity index is 1.49. The lowest BCUT2D eigenvalue weighted by atomic mass is 9.89. The first-order valence-corrected chi connectivity index (χ1v) is 7.67. The zero-order chi connectivity index (χ0) is 14.5. The molecule has 21 heavy (non-hydrogen) atoms. The van der Waals surface area contributed by atoms with Crippen molar-refractivity contribution < 1.29 is 14.3 Å². The zero-order valence-electron chi connectivity index (χ0n) is 12.1. The molecule has 1 fully saturated rings. The van der Waals surface area contributed by atoms with Crippen molar-refractivity contribution in [3.05, 3.63) is 29.8 Å². The van der Waals surface area contributed by atoms with Crippen molar-refractivity contribution in [1.29, 1.82) is 0 Å². The Hall–Kier alpha value is -1.97. The number of nitrogens with one attached hydrogen (secondary N) is 1. The Morgan fingerprint density at radius 2 is 2.00 bits per heavy atom. The second-order valence-corrected chi connectivity index (χ2v) is 5.70. The molecule has 0 bridgehead atoms. The van der Waals surface area contributed by atoms with Crippen molar-refractivity contribution in [2.75, 3.05) is 13.3 Å². The molecular weight excluding hydrogens is 266 g/mol. The first kappa shape index (κ1) is 14.0. The van der Waals surface area contributed by atoms with Gasteiger partial charge >= 0.3 is 0 Å². The molecule has 0 radical (unpaired) electrons. The van der Waals surface area contributed by atoms with Crippen molar-refractivity contribution in [2.24, 2.45) is 5.92 Å². The molecular formula is C17H21NO3. The molecule has 112 valence electrons. The molecule has 4 heteroatoms. The molecule has 1 heterocycles. The fourth-order valence-electron chi connectivity index (χ4n) is 2.88. The van der Waals surface area contributed by atoms with Crippen LogP contribution in [0.5, 0.6) is 11.5 Å². The van der Waals surface area contributed by atoms with Crippen LogP contribution < -0.4 is 14.8 Å². The summed E-state index contributed by atoms with van der Waals surface area (Å²) in [6.45, 7) is 1.06. The van der Waals surface area contributed by atoms with E-state index in [0.717, 1.165) is 23.6 Å². The summed E-state index contributed by atoms with van der Waals surface area (Å²) in [6.07, 6.45) is 9.81. The molecule has 1 aliphatic carbocycles. The molecule has 0 spiro atoms. The van der Waals surface area contributed by atoms with Crippen LogP contribution in [0.4, 0.5) is 0 Å². The summed E-state index contributed by atoms with van der Waals surface area (Å²) in [5.74, 6) is 2.12. The molecule has 0 aromatic heterocycles. The molecule has 1 saturated carbocycles. The van der Waals surface area contributed by atoms with Crippen LogP contribution in [0.2, 0.25) is 0 Å². The topological polar surface area (TPSA) is 47.6 Å². The Kier molecular flexibility index (Phi) is 4.43. The van der Waals surface area contributed by atoms with E-state index in [2.05, 4.69) is 5.32 Å². The minimum atomic E-state index is -0.0294. The second kappa shape index (κ2) is 6.66. The zero-order valence-corrected chi connectivity index (χ0v) is 12.1. The largest absolute Gasteiger partial charge is 0.454 e. The summed E-state index contributed by atoms with van der Waals surface area (Å²) in [6, 6.07) is 5.66. The van der Waals surface area contributed by atoms with Crippen LogP contribution in [0, 0.1) is 5.92 Å². The van der Waals surface area contributed by atoms with Gasteiger partial charge in [-0.2, -0.15) is 0 Å². The molecule has 1 aromatic rings. The van der Waals surface area contributed by atoms with E-state index in [1.165, 1.54) is 32.1 Å². The van der Waals surface area contributed by atoms with Crippen LogP contribution >= 0.6 is 0 Å². The molecule has 2 aliphatic rings. The third-order valence-electron chi connectivity index (χ3n) is 4.11. The average Bonchev–Trinajstić information content (AvgIpc) is 2.99. The Morgan fingerprint density at radius 3 is 2.86 bits per heavy atom. The average molecular weight is 287 g/mol. The monoisotopic (exact) mass is 287 g/mol. The van der Waals surface area contributed by atoms with Crippen LogP contribution in [-0.2, 0) is 4.79 Å². The van der Waals surface area contributed by atoms with Gasteiger partial charge in [-0.1, -0.05) is 25.3 Å². The maximum absolute atomic E-state index is 11.8. The van der Waals surface area contributed by atoms with Gasteiger partial charge < -0.3 is 14.8 Å². The van der Waals surface area contributed by atoms with Crippen molar-refractivity contribution in [1.82, 2.24) is 5.32 Å². The van der Waals surface area contributed by atoms with E-state index in [9.17, 15) is 4.79 Å². The third-order valence-corrected chi connectivity index (χ3v) is 4.11. The lowest BCUT2D eigenvalue weighted by Gasteiger charge is -2.21. The van der Waals surface area contributed by atoms with E-state index in [4.69, 9.17) is 9.47 Å². The predicted molar refractivity (Wildman–Crippen MR) is 81.2 cm³/mol. The normalized spacial score (nSPS) is 18.1. The molecule has 0 unspecified atom stereocenters. The molecule has 4 nitrogen and oxygen atoms in total. The Labute approximate surface area is 125 Å². The highest BCUT2D eigenvalue weighted by Crippen LogP contribution is 2.32. The van der Waals surface area contributed by atoms with Crippen LogP contribution in [0.15, 0.2) is 24.3 Å². The van der Waals surface area contributed by atoms with E-state index in [1.54, 1.807) is 12.2 Å². The molecule has 1 aromatic carbocycles. The maximum atomic E-state index is 11.8. The first-order chi connectivity index (χ1) is 10.3. The highest BCUT2D eigenvalue weighted by Gasteiger charge is 2.14.